The molecule has 3 aromatic carbocycles. The van der Waals surface area contributed by atoms with E-state index in [4.69, 9.17) is 4.74 Å². The minimum Gasteiger partial charge on any atom is -0.496 e. The molecule has 8 nitrogen and oxygen atoms in total. The second-order valence-electron chi connectivity index (χ2n) is 11.2. The molecule has 0 bridgehead atoms. The van der Waals surface area contributed by atoms with Gasteiger partial charge >= 0.3 is 0 Å². The fourth-order valence-electron chi connectivity index (χ4n) is 5.61. The maximum atomic E-state index is 14.3. The quantitative estimate of drug-likeness (QED) is 0.230. The summed E-state index contributed by atoms with van der Waals surface area (Å²) in [6, 6.07) is 20.6. The zero-order valence-electron chi connectivity index (χ0n) is 25.7. The van der Waals surface area contributed by atoms with E-state index in [-0.39, 0.29) is 23.4 Å². The predicted octanol–water partition coefficient (Wildman–Crippen LogP) is 6.26. The van der Waals surface area contributed by atoms with Crippen molar-refractivity contribution in [2.45, 2.75) is 75.8 Å². The van der Waals surface area contributed by atoms with Gasteiger partial charge in [0.1, 0.15) is 18.3 Å². The lowest BCUT2D eigenvalue weighted by molar-refractivity contribution is -0.140. The van der Waals surface area contributed by atoms with Crippen LogP contribution in [0, 0.1) is 6.92 Å². The van der Waals surface area contributed by atoms with E-state index in [0.717, 1.165) is 41.1 Å². The number of carbonyl (C=O) groups is 2. The van der Waals surface area contributed by atoms with Gasteiger partial charge in [-0.05, 0) is 84.4 Å². The fourth-order valence-corrected chi connectivity index (χ4v) is 7.75. The molecule has 236 valence electrons. The van der Waals surface area contributed by atoms with Crippen molar-refractivity contribution in [3.05, 3.63) is 88.4 Å². The van der Waals surface area contributed by atoms with E-state index in [0.29, 0.717) is 28.8 Å². The second kappa shape index (κ2) is 15.6. The van der Waals surface area contributed by atoms with E-state index in [1.165, 1.54) is 25.7 Å². The van der Waals surface area contributed by atoms with Crippen molar-refractivity contribution in [1.29, 1.82) is 0 Å². The lowest BCUT2D eigenvalue weighted by Crippen LogP contribution is -2.54. The molecule has 0 spiro atoms. The van der Waals surface area contributed by atoms with Crippen molar-refractivity contribution in [2.75, 3.05) is 24.5 Å². The van der Waals surface area contributed by atoms with Crippen LogP contribution in [0.1, 0.15) is 56.6 Å². The fraction of sp³-hybridized carbons (Fsp3) is 0.412. The van der Waals surface area contributed by atoms with Crippen LogP contribution in [0.4, 0.5) is 5.69 Å². The summed E-state index contributed by atoms with van der Waals surface area (Å²) in [5.41, 5.74) is 2.34. The number of aryl methyl sites for hydroxylation is 1. The number of halogens is 1. The van der Waals surface area contributed by atoms with Gasteiger partial charge in [-0.3, -0.25) is 13.9 Å². The zero-order chi connectivity index (χ0) is 31.7. The number of rotatable bonds is 13. The number of amides is 2. The third-order valence-corrected chi connectivity index (χ3v) is 10.5. The third kappa shape index (κ3) is 8.41. The van der Waals surface area contributed by atoms with E-state index in [9.17, 15) is 18.0 Å². The van der Waals surface area contributed by atoms with Crippen LogP contribution in [-0.2, 0) is 26.0 Å². The van der Waals surface area contributed by atoms with Gasteiger partial charge in [0.15, 0.2) is 0 Å². The van der Waals surface area contributed by atoms with Gasteiger partial charge in [-0.25, -0.2) is 8.42 Å². The minimum absolute atomic E-state index is 0.0106. The number of benzene rings is 3. The van der Waals surface area contributed by atoms with Gasteiger partial charge in [0.2, 0.25) is 11.8 Å². The zero-order valence-corrected chi connectivity index (χ0v) is 28.1. The molecular formula is C34H42BrN3O5S. The standard InChI is InChI=1S/C34H42BrN3O5S/c1-4-31(34(40)36-27-13-9-6-10-14-27)37(22-21-26-11-7-5-8-12-26)33(39)24-38(28-17-15-25(2)16-18-28)44(41,42)29-19-20-32(43-3)30(35)23-29/h5,7-8,11-12,15-20,23,27,31H,4,6,9-10,13-14,21-22,24H2,1-3H3,(H,36,40). The van der Waals surface area contributed by atoms with Gasteiger partial charge in [-0.15, -0.1) is 0 Å². The van der Waals surface area contributed by atoms with Crippen LogP contribution >= 0.6 is 15.9 Å². The van der Waals surface area contributed by atoms with Gasteiger partial charge in [0.25, 0.3) is 10.0 Å². The first kappa shape index (κ1) is 33.5. The van der Waals surface area contributed by atoms with Gasteiger partial charge in [-0.2, -0.15) is 0 Å². The summed E-state index contributed by atoms with van der Waals surface area (Å²) in [7, 11) is -2.68. The average molecular weight is 685 g/mol. The normalized spacial score (nSPS) is 14.5. The first-order chi connectivity index (χ1) is 21.1. The highest BCUT2D eigenvalue weighted by Crippen LogP contribution is 2.31. The summed E-state index contributed by atoms with van der Waals surface area (Å²) in [4.78, 5) is 29.5. The summed E-state index contributed by atoms with van der Waals surface area (Å²) >= 11 is 3.39. The number of hydrogen-bond acceptors (Lipinski definition) is 5. The molecule has 1 saturated carbocycles. The Hall–Kier alpha value is -3.37. The van der Waals surface area contributed by atoms with Crippen LogP contribution in [0.5, 0.6) is 5.75 Å². The summed E-state index contributed by atoms with van der Waals surface area (Å²) < 4.78 is 35.2. The number of sulfonamides is 1. The Bertz CT molecular complexity index is 1510. The van der Waals surface area contributed by atoms with Crippen molar-refractivity contribution in [3.63, 3.8) is 0 Å². The Labute approximate surface area is 270 Å². The minimum atomic E-state index is -4.19. The van der Waals surface area contributed by atoms with Gasteiger partial charge in [-0.1, -0.05) is 74.2 Å². The summed E-state index contributed by atoms with van der Waals surface area (Å²) in [5.74, 6) is -0.142. The van der Waals surface area contributed by atoms with Gasteiger partial charge in [0.05, 0.1) is 22.2 Å². The molecule has 0 radical (unpaired) electrons. The van der Waals surface area contributed by atoms with Crippen molar-refractivity contribution >= 4 is 43.5 Å². The van der Waals surface area contributed by atoms with Crippen LogP contribution < -0.4 is 14.4 Å². The third-order valence-electron chi connectivity index (χ3n) is 8.13. The van der Waals surface area contributed by atoms with E-state index in [2.05, 4.69) is 21.2 Å². The molecule has 1 N–H and O–H groups in total. The Morgan fingerprint density at radius 3 is 2.30 bits per heavy atom. The number of methoxy groups -OCH3 is 1. The van der Waals surface area contributed by atoms with E-state index in [1.54, 1.807) is 23.1 Å². The average Bonchev–Trinajstić information content (AvgIpc) is 3.03. The lowest BCUT2D eigenvalue weighted by Gasteiger charge is -2.34. The second-order valence-corrected chi connectivity index (χ2v) is 14.0. The largest absolute Gasteiger partial charge is 0.496 e. The first-order valence-electron chi connectivity index (χ1n) is 15.2. The molecule has 3 aromatic rings. The molecule has 4 rings (SSSR count). The maximum Gasteiger partial charge on any atom is 0.264 e. The Morgan fingerprint density at radius 2 is 1.68 bits per heavy atom. The number of anilines is 1. The summed E-state index contributed by atoms with van der Waals surface area (Å²) in [5, 5.41) is 3.19. The van der Waals surface area contributed by atoms with E-state index in [1.807, 2.05) is 56.3 Å². The van der Waals surface area contributed by atoms with E-state index < -0.39 is 28.5 Å². The van der Waals surface area contributed by atoms with Crippen molar-refractivity contribution < 1.29 is 22.7 Å². The SMILES string of the molecule is CCC(C(=O)NC1CCCCC1)N(CCc1ccccc1)C(=O)CN(c1ccc(C)cc1)S(=O)(=O)c1ccc(OC)c(Br)c1. The van der Waals surface area contributed by atoms with E-state index >= 15 is 0 Å². The van der Waals surface area contributed by atoms with Gasteiger partial charge in [0, 0.05) is 12.6 Å². The topological polar surface area (TPSA) is 96.0 Å². The number of carbonyl (C=O) groups excluding carboxylic acids is 2. The molecule has 1 aliphatic carbocycles. The van der Waals surface area contributed by atoms with Gasteiger partial charge < -0.3 is 15.0 Å². The molecular weight excluding hydrogens is 642 g/mol. The van der Waals surface area contributed by atoms with Crippen molar-refractivity contribution in [3.8, 4) is 5.75 Å². The molecule has 2 amide bonds. The smallest absolute Gasteiger partial charge is 0.264 e. The molecule has 44 heavy (non-hydrogen) atoms. The Kier molecular flexibility index (Phi) is 11.9. The number of nitrogens with zero attached hydrogens (tertiary/aromatic N) is 2. The van der Waals surface area contributed by atoms with Crippen molar-refractivity contribution in [2.24, 2.45) is 0 Å². The molecule has 1 aliphatic rings. The summed E-state index contributed by atoms with van der Waals surface area (Å²) in [6.45, 7) is 3.61. The number of hydrogen-bond donors (Lipinski definition) is 1. The van der Waals surface area contributed by atoms with Crippen molar-refractivity contribution in [1.82, 2.24) is 10.2 Å². The van der Waals surface area contributed by atoms with Crippen LogP contribution in [0.25, 0.3) is 0 Å². The Morgan fingerprint density at radius 1 is 1.00 bits per heavy atom. The lowest BCUT2D eigenvalue weighted by atomic mass is 9.95. The molecule has 1 atom stereocenters. The molecule has 10 heteroatoms. The number of ether oxygens (including phenoxy) is 1. The van der Waals surface area contributed by atoms with Crippen LogP contribution in [0.2, 0.25) is 0 Å². The highest BCUT2D eigenvalue weighted by atomic mass is 79.9. The highest BCUT2D eigenvalue weighted by Gasteiger charge is 2.34. The first-order valence-corrected chi connectivity index (χ1v) is 17.4. The van der Waals surface area contributed by atoms with Crippen LogP contribution in [0.3, 0.4) is 0 Å². The predicted molar refractivity (Wildman–Crippen MR) is 177 cm³/mol. The molecule has 0 aromatic heterocycles. The molecule has 0 aliphatic heterocycles. The monoisotopic (exact) mass is 683 g/mol. The summed E-state index contributed by atoms with van der Waals surface area (Å²) in [6.07, 6.45) is 6.10. The Balaban J connectivity index is 1.68. The molecule has 1 fully saturated rings. The molecule has 0 saturated heterocycles. The van der Waals surface area contributed by atoms with Crippen LogP contribution in [-0.4, -0.2) is 57.4 Å². The van der Waals surface area contributed by atoms with Crippen LogP contribution in [0.15, 0.2) is 82.2 Å². The highest BCUT2D eigenvalue weighted by molar-refractivity contribution is 9.10. The molecule has 1 unspecified atom stereocenters. The molecule has 0 heterocycles. The maximum absolute atomic E-state index is 14.3. The number of nitrogens with one attached hydrogen (secondary N) is 1.